The van der Waals surface area contributed by atoms with E-state index in [1.54, 1.807) is 20.8 Å². The fourth-order valence-electron chi connectivity index (χ4n) is 3.81. The van der Waals surface area contributed by atoms with Crippen LogP contribution in [0.1, 0.15) is 36.7 Å². The van der Waals surface area contributed by atoms with Gasteiger partial charge in [0.2, 0.25) is 0 Å². The number of halogens is 3. The number of carbonyl (C=O) groups is 2. The lowest BCUT2D eigenvalue weighted by molar-refractivity contribution is -0.138. The van der Waals surface area contributed by atoms with Crippen molar-refractivity contribution < 1.29 is 27.5 Å². The molecule has 1 amide bonds. The van der Waals surface area contributed by atoms with Gasteiger partial charge in [0.05, 0.1) is 23.6 Å². The van der Waals surface area contributed by atoms with Crippen LogP contribution in [0, 0.1) is 28.3 Å². The van der Waals surface area contributed by atoms with Crippen LogP contribution in [0.2, 0.25) is 0 Å². The van der Waals surface area contributed by atoms with Gasteiger partial charge in [-0.15, -0.1) is 0 Å². The average Bonchev–Trinajstić information content (AvgIpc) is 2.88. The van der Waals surface area contributed by atoms with Crippen LogP contribution in [-0.2, 0) is 9.53 Å². The van der Waals surface area contributed by atoms with Crippen LogP contribution in [0.25, 0.3) is 0 Å². The molecule has 0 unspecified atom stereocenters. The molecule has 178 valence electrons. The Labute approximate surface area is 195 Å². The van der Waals surface area contributed by atoms with E-state index in [1.807, 2.05) is 0 Å². The van der Waals surface area contributed by atoms with Crippen molar-refractivity contribution in [3.05, 3.63) is 94.1 Å². The van der Waals surface area contributed by atoms with Crippen LogP contribution < -0.4 is 5.73 Å². The average molecular weight is 471 g/mol. The SMILES string of the molecule is CCOC(=O)C1=CN(C(=O)c2ccc(F)c(F)c2)CC(C)(C)C(C(=N)c2ccc(F)cc2)=C1N. The summed E-state index contributed by atoms with van der Waals surface area (Å²) in [4.78, 5) is 27.1. The highest BCUT2D eigenvalue weighted by molar-refractivity contribution is 6.13. The first-order valence-corrected chi connectivity index (χ1v) is 10.5. The first-order valence-electron chi connectivity index (χ1n) is 10.5. The molecule has 0 radical (unpaired) electrons. The quantitative estimate of drug-likeness (QED) is 0.502. The monoisotopic (exact) mass is 471 g/mol. The van der Waals surface area contributed by atoms with Crippen LogP contribution in [-0.4, -0.2) is 35.6 Å². The van der Waals surface area contributed by atoms with Crippen molar-refractivity contribution in [1.29, 1.82) is 5.41 Å². The fraction of sp³-hybridized carbons (Fsp3) is 0.240. The number of benzene rings is 2. The van der Waals surface area contributed by atoms with Crippen molar-refractivity contribution >= 4 is 17.6 Å². The molecule has 9 heteroatoms. The summed E-state index contributed by atoms with van der Waals surface area (Å²) in [6.45, 7) is 5.04. The maximum atomic E-state index is 13.8. The molecule has 3 N–H and O–H groups in total. The topological polar surface area (TPSA) is 96.5 Å². The minimum atomic E-state index is -1.19. The van der Waals surface area contributed by atoms with Crippen molar-refractivity contribution in [2.45, 2.75) is 20.8 Å². The number of amides is 1. The van der Waals surface area contributed by atoms with Crippen LogP contribution >= 0.6 is 0 Å². The molecule has 0 saturated heterocycles. The van der Waals surface area contributed by atoms with Gasteiger partial charge in [0, 0.05) is 29.3 Å². The molecule has 34 heavy (non-hydrogen) atoms. The molecule has 0 spiro atoms. The molecule has 0 bridgehead atoms. The van der Waals surface area contributed by atoms with Gasteiger partial charge in [0.15, 0.2) is 11.6 Å². The van der Waals surface area contributed by atoms with Crippen LogP contribution in [0.5, 0.6) is 0 Å². The second-order valence-corrected chi connectivity index (χ2v) is 8.38. The smallest absolute Gasteiger partial charge is 0.341 e. The number of nitrogens with two attached hydrogens (primary N) is 1. The zero-order valence-corrected chi connectivity index (χ0v) is 18.9. The summed E-state index contributed by atoms with van der Waals surface area (Å²) in [6, 6.07) is 7.97. The molecule has 1 aliphatic rings. The molecule has 2 aromatic rings. The predicted octanol–water partition coefficient (Wildman–Crippen LogP) is 4.31. The normalized spacial score (nSPS) is 15.5. The summed E-state index contributed by atoms with van der Waals surface area (Å²) >= 11 is 0. The first kappa shape index (κ1) is 24.8. The maximum Gasteiger partial charge on any atom is 0.341 e. The summed E-state index contributed by atoms with van der Waals surface area (Å²) in [5.41, 5.74) is 5.60. The number of hydrogen-bond acceptors (Lipinski definition) is 5. The minimum absolute atomic E-state index is 0.0364. The summed E-state index contributed by atoms with van der Waals surface area (Å²) in [6.07, 6.45) is 1.20. The zero-order valence-electron chi connectivity index (χ0n) is 18.9. The lowest BCUT2D eigenvalue weighted by Crippen LogP contribution is -2.37. The molecular formula is C25H24F3N3O3. The van der Waals surface area contributed by atoms with Gasteiger partial charge in [-0.25, -0.2) is 18.0 Å². The third-order valence-corrected chi connectivity index (χ3v) is 5.39. The number of nitrogens with zero attached hydrogens (tertiary/aromatic N) is 1. The molecule has 0 aliphatic carbocycles. The first-order chi connectivity index (χ1) is 16.0. The second kappa shape index (κ2) is 9.54. The standard InChI is InChI=1S/C25H24F3N3O3/c1-4-34-24(33)17-12-31(23(32)15-7-10-18(27)19(28)11-15)13-25(2,3)20(22(17)30)21(29)14-5-8-16(26)9-6-14/h5-12,29H,4,13,30H2,1-3H3. The lowest BCUT2D eigenvalue weighted by atomic mass is 9.77. The number of rotatable bonds is 5. The third-order valence-electron chi connectivity index (χ3n) is 5.39. The van der Waals surface area contributed by atoms with Crippen molar-refractivity contribution in [2.75, 3.05) is 13.2 Å². The van der Waals surface area contributed by atoms with Gasteiger partial charge >= 0.3 is 5.97 Å². The Hall–Kier alpha value is -3.88. The van der Waals surface area contributed by atoms with Gasteiger partial charge in [-0.1, -0.05) is 13.8 Å². The molecule has 0 saturated carbocycles. The molecule has 0 aromatic heterocycles. The number of hydrogen-bond donors (Lipinski definition) is 2. The molecule has 0 fully saturated rings. The van der Waals surface area contributed by atoms with E-state index in [4.69, 9.17) is 15.9 Å². The fourth-order valence-corrected chi connectivity index (χ4v) is 3.81. The van der Waals surface area contributed by atoms with E-state index >= 15 is 0 Å². The predicted molar refractivity (Wildman–Crippen MR) is 120 cm³/mol. The largest absolute Gasteiger partial charge is 0.462 e. The Bertz CT molecular complexity index is 1220. The number of nitrogens with one attached hydrogen (secondary N) is 1. The number of esters is 1. The Kier molecular flexibility index (Phi) is 6.95. The summed E-state index contributed by atoms with van der Waals surface area (Å²) in [7, 11) is 0. The van der Waals surface area contributed by atoms with E-state index in [-0.39, 0.29) is 41.3 Å². The van der Waals surface area contributed by atoms with Gasteiger partial charge in [-0.3, -0.25) is 10.2 Å². The van der Waals surface area contributed by atoms with Crippen molar-refractivity contribution in [2.24, 2.45) is 11.1 Å². The third kappa shape index (κ3) is 4.88. The Balaban J connectivity index is 2.13. The molecule has 2 aromatic carbocycles. The molecule has 1 aliphatic heterocycles. The minimum Gasteiger partial charge on any atom is -0.462 e. The highest BCUT2D eigenvalue weighted by Crippen LogP contribution is 2.37. The Morgan fingerprint density at radius 3 is 2.26 bits per heavy atom. The van der Waals surface area contributed by atoms with Gasteiger partial charge < -0.3 is 15.4 Å². The molecule has 6 nitrogen and oxygen atoms in total. The van der Waals surface area contributed by atoms with Crippen molar-refractivity contribution in [3.63, 3.8) is 0 Å². The number of carbonyl (C=O) groups excluding carboxylic acids is 2. The zero-order chi connectivity index (χ0) is 25.2. The van der Waals surface area contributed by atoms with Crippen molar-refractivity contribution in [3.8, 4) is 0 Å². The van der Waals surface area contributed by atoms with E-state index in [0.29, 0.717) is 5.56 Å². The van der Waals surface area contributed by atoms with Gasteiger partial charge in [-0.2, -0.15) is 0 Å². The lowest BCUT2D eigenvalue weighted by Gasteiger charge is -2.32. The Morgan fingerprint density at radius 2 is 1.68 bits per heavy atom. The van der Waals surface area contributed by atoms with Crippen molar-refractivity contribution in [1.82, 2.24) is 4.90 Å². The molecule has 3 rings (SSSR count). The summed E-state index contributed by atoms with van der Waals surface area (Å²) < 4.78 is 45.7. The van der Waals surface area contributed by atoms with E-state index in [0.717, 1.165) is 23.1 Å². The highest BCUT2D eigenvalue weighted by atomic mass is 19.2. The number of ether oxygens (including phenoxy) is 1. The summed E-state index contributed by atoms with van der Waals surface area (Å²) in [5, 5.41) is 8.77. The van der Waals surface area contributed by atoms with Gasteiger partial charge in [-0.05, 0) is 55.0 Å². The van der Waals surface area contributed by atoms with E-state index in [9.17, 15) is 22.8 Å². The van der Waals surface area contributed by atoms with E-state index < -0.39 is 34.7 Å². The molecule has 1 heterocycles. The highest BCUT2D eigenvalue weighted by Gasteiger charge is 2.38. The van der Waals surface area contributed by atoms with Crippen LogP contribution in [0.15, 0.2) is 65.5 Å². The van der Waals surface area contributed by atoms with Crippen LogP contribution in [0.4, 0.5) is 13.2 Å². The van der Waals surface area contributed by atoms with Gasteiger partial charge in [0.25, 0.3) is 5.91 Å². The second-order valence-electron chi connectivity index (χ2n) is 8.38. The van der Waals surface area contributed by atoms with E-state index in [1.165, 1.54) is 30.5 Å². The van der Waals surface area contributed by atoms with Crippen LogP contribution in [0.3, 0.4) is 0 Å². The van der Waals surface area contributed by atoms with E-state index in [2.05, 4.69) is 0 Å². The van der Waals surface area contributed by atoms with Gasteiger partial charge in [0.1, 0.15) is 5.82 Å². The molecular weight excluding hydrogens is 447 g/mol. The maximum absolute atomic E-state index is 13.8. The Morgan fingerprint density at radius 1 is 1.06 bits per heavy atom. The summed E-state index contributed by atoms with van der Waals surface area (Å²) in [5.74, 6) is -4.28. The molecule has 0 atom stereocenters.